The Bertz CT molecular complexity index is 3160. The van der Waals surface area contributed by atoms with Gasteiger partial charge in [-0.15, -0.1) is 0 Å². The molecule has 0 heterocycles. The summed E-state index contributed by atoms with van der Waals surface area (Å²) in [4.78, 5) is 0. The van der Waals surface area contributed by atoms with Crippen LogP contribution in [-0.4, -0.2) is 40.9 Å². The maximum atomic E-state index is 12.3. The van der Waals surface area contributed by atoms with Crippen molar-refractivity contribution in [2.24, 2.45) is 0 Å². The molecule has 9 rings (SSSR count). The van der Waals surface area contributed by atoms with Crippen LogP contribution in [0.5, 0.6) is 46.0 Å². The van der Waals surface area contributed by atoms with Crippen LogP contribution in [0.1, 0.15) is 113 Å². The predicted octanol–water partition coefficient (Wildman–Crippen LogP) is 14.3. The molecule has 326 valence electrons. The highest BCUT2D eigenvalue weighted by molar-refractivity contribution is 6.33. The highest BCUT2D eigenvalue weighted by Crippen LogP contribution is 2.59. The molecule has 8 heteroatoms. The largest absolute Gasteiger partial charge is 0.507 e. The summed E-state index contributed by atoms with van der Waals surface area (Å²) in [6, 6.07) is 18.3. The van der Waals surface area contributed by atoms with E-state index in [9.17, 15) is 40.9 Å². The van der Waals surface area contributed by atoms with Gasteiger partial charge in [0.2, 0.25) is 0 Å². The van der Waals surface area contributed by atoms with Crippen molar-refractivity contribution in [1.29, 1.82) is 0 Å². The lowest BCUT2D eigenvalue weighted by molar-refractivity contribution is 0.416. The molecule has 0 aliphatic heterocycles. The third-order valence-corrected chi connectivity index (χ3v) is 13.0. The number of phenolic OH excluding ortho intramolecular Hbond substituents is 8. The first kappa shape index (κ1) is 43.1. The Morgan fingerprint density at radius 1 is 0.270 bits per heavy atom. The van der Waals surface area contributed by atoms with Gasteiger partial charge in [0.25, 0.3) is 0 Å². The first-order chi connectivity index (χ1) is 28.7. The lowest BCUT2D eigenvalue weighted by Gasteiger charge is -2.28. The van der Waals surface area contributed by atoms with E-state index in [0.717, 1.165) is 0 Å². The van der Waals surface area contributed by atoms with Gasteiger partial charge >= 0.3 is 0 Å². The summed E-state index contributed by atoms with van der Waals surface area (Å²) in [5.41, 5.74) is 1.42. The van der Waals surface area contributed by atoms with Crippen molar-refractivity contribution in [2.75, 3.05) is 0 Å². The summed E-state index contributed by atoms with van der Waals surface area (Å²) in [5, 5.41) is 102. The molecule has 0 aliphatic rings. The van der Waals surface area contributed by atoms with E-state index < -0.39 is 21.7 Å². The standard InChI is InChI=1S/C54H54O8.CH4/c1-51(2,3)39-43(55)25-17-19-27-35-33(25)31(47(39)59)21-29(37(35)49(61)41(45(27)57)53(7,8)9)23-13-15-24(16-14-23)30-22-32-34-26(44(56)40(48(32)60)52(4,5)6)18-20-28-36(34)38(30)50(62)42(46(28)58)54(10,11)12;/h13-22,55-62H,1-12H3;1H4. The van der Waals surface area contributed by atoms with E-state index in [1.807, 2.05) is 119 Å². The van der Waals surface area contributed by atoms with Gasteiger partial charge in [0.15, 0.2) is 0 Å². The molecule has 0 spiro atoms. The van der Waals surface area contributed by atoms with Gasteiger partial charge < -0.3 is 40.9 Å². The minimum atomic E-state index is -0.672. The molecule has 0 radical (unpaired) electrons. The second-order valence-electron chi connectivity index (χ2n) is 21.4. The molecular weight excluding hydrogens is 789 g/mol. The Kier molecular flexibility index (Phi) is 9.06. The molecule has 0 atom stereocenters. The number of phenols is 8. The van der Waals surface area contributed by atoms with Crippen LogP contribution >= 0.6 is 0 Å². The average molecular weight is 847 g/mol. The quantitative estimate of drug-likeness (QED) is 0.0798. The van der Waals surface area contributed by atoms with Crippen LogP contribution < -0.4 is 0 Å². The fourth-order valence-electron chi connectivity index (χ4n) is 10.4. The predicted molar refractivity (Wildman–Crippen MR) is 260 cm³/mol. The molecule has 8 nitrogen and oxygen atoms in total. The monoisotopic (exact) mass is 846 g/mol. The van der Waals surface area contributed by atoms with E-state index in [0.29, 0.717) is 109 Å². The SMILES string of the molecule is C.CC(C)(C)c1c(O)c2ccc3c(O)c(C(C)(C)C)c(O)c4c(-c5ccc(-c6cc7c(O)c(C(C)(C)C)c(O)c8ccc9c(O)c(C(C)(C)C)c(O)c6c9c87)cc5)cc(c1O)c2c34. The Morgan fingerprint density at radius 3 is 0.746 bits per heavy atom. The van der Waals surface area contributed by atoms with Crippen molar-refractivity contribution >= 4 is 64.6 Å². The summed E-state index contributed by atoms with van der Waals surface area (Å²) in [7, 11) is 0. The number of hydrogen-bond acceptors (Lipinski definition) is 8. The van der Waals surface area contributed by atoms with Crippen LogP contribution in [0.2, 0.25) is 0 Å². The molecule has 63 heavy (non-hydrogen) atoms. The van der Waals surface area contributed by atoms with Gasteiger partial charge in [-0.3, -0.25) is 0 Å². The summed E-state index contributed by atoms with van der Waals surface area (Å²) in [6.45, 7) is 23.0. The Hall–Kier alpha value is -6.54. The molecule has 9 aromatic rings. The highest BCUT2D eigenvalue weighted by Gasteiger charge is 2.35. The first-order valence-corrected chi connectivity index (χ1v) is 21.1. The zero-order valence-electron chi connectivity index (χ0n) is 37.4. The van der Waals surface area contributed by atoms with E-state index in [1.54, 1.807) is 24.3 Å². The fraction of sp³-hybridized carbons (Fsp3) is 0.309. The Balaban J connectivity index is 0.00000544. The lowest BCUT2D eigenvalue weighted by atomic mass is 9.77. The molecule has 0 amide bonds. The molecule has 0 aliphatic carbocycles. The molecule has 0 bridgehead atoms. The maximum Gasteiger partial charge on any atom is 0.131 e. The van der Waals surface area contributed by atoms with E-state index in [-0.39, 0.29) is 53.4 Å². The second kappa shape index (κ2) is 13.2. The van der Waals surface area contributed by atoms with E-state index in [2.05, 4.69) is 0 Å². The minimum absolute atomic E-state index is 0. The molecule has 0 unspecified atom stereocenters. The van der Waals surface area contributed by atoms with Crippen LogP contribution in [0.3, 0.4) is 0 Å². The van der Waals surface area contributed by atoms with Crippen molar-refractivity contribution in [2.45, 2.75) is 112 Å². The van der Waals surface area contributed by atoms with Crippen LogP contribution in [0, 0.1) is 0 Å². The van der Waals surface area contributed by atoms with Crippen molar-refractivity contribution < 1.29 is 40.9 Å². The molecule has 0 fully saturated rings. The van der Waals surface area contributed by atoms with Gasteiger partial charge in [-0.1, -0.05) is 115 Å². The number of aromatic hydroxyl groups is 8. The number of hydrogen-bond donors (Lipinski definition) is 8. The molecule has 0 aromatic heterocycles. The van der Waals surface area contributed by atoms with Crippen LogP contribution in [0.4, 0.5) is 0 Å². The molecule has 0 saturated heterocycles. The van der Waals surface area contributed by atoms with Crippen LogP contribution in [0.25, 0.3) is 86.9 Å². The average Bonchev–Trinajstić information content (AvgIpc) is 3.15. The molecule has 0 saturated carbocycles. The Labute approximate surface area is 367 Å². The summed E-state index contributed by atoms with van der Waals surface area (Å²) >= 11 is 0. The summed E-state index contributed by atoms with van der Waals surface area (Å²) < 4.78 is 0. The molecular formula is C55H58O8. The van der Waals surface area contributed by atoms with Crippen LogP contribution in [-0.2, 0) is 21.7 Å². The zero-order chi connectivity index (χ0) is 45.2. The molecule has 8 N–H and O–H groups in total. The van der Waals surface area contributed by atoms with Gasteiger partial charge in [0, 0.05) is 86.9 Å². The normalized spacial score (nSPS) is 13.1. The van der Waals surface area contributed by atoms with Gasteiger partial charge in [-0.25, -0.2) is 0 Å². The number of rotatable bonds is 2. The van der Waals surface area contributed by atoms with Crippen molar-refractivity contribution in [3.8, 4) is 68.2 Å². The summed E-state index contributed by atoms with van der Waals surface area (Å²) in [6.07, 6.45) is 0. The van der Waals surface area contributed by atoms with Crippen molar-refractivity contribution in [3.05, 3.63) is 82.9 Å². The van der Waals surface area contributed by atoms with Crippen molar-refractivity contribution in [3.63, 3.8) is 0 Å². The van der Waals surface area contributed by atoms with E-state index in [4.69, 9.17) is 0 Å². The zero-order valence-corrected chi connectivity index (χ0v) is 37.4. The smallest absolute Gasteiger partial charge is 0.131 e. The second-order valence-corrected chi connectivity index (χ2v) is 21.4. The third-order valence-electron chi connectivity index (χ3n) is 13.0. The maximum absolute atomic E-state index is 12.3. The lowest BCUT2D eigenvalue weighted by Crippen LogP contribution is -2.13. The van der Waals surface area contributed by atoms with Gasteiger partial charge in [0.1, 0.15) is 46.0 Å². The van der Waals surface area contributed by atoms with Crippen LogP contribution in [0.15, 0.2) is 60.7 Å². The minimum Gasteiger partial charge on any atom is -0.507 e. The van der Waals surface area contributed by atoms with Crippen molar-refractivity contribution in [1.82, 2.24) is 0 Å². The van der Waals surface area contributed by atoms with Gasteiger partial charge in [-0.05, 0) is 80.3 Å². The third kappa shape index (κ3) is 5.79. The number of benzene rings is 9. The fourth-order valence-corrected chi connectivity index (χ4v) is 10.4. The van der Waals surface area contributed by atoms with Gasteiger partial charge in [-0.2, -0.15) is 0 Å². The highest BCUT2D eigenvalue weighted by atomic mass is 16.3. The van der Waals surface area contributed by atoms with E-state index in [1.165, 1.54) is 0 Å². The van der Waals surface area contributed by atoms with E-state index >= 15 is 0 Å². The van der Waals surface area contributed by atoms with Gasteiger partial charge in [0.05, 0.1) is 0 Å². The Morgan fingerprint density at radius 2 is 0.492 bits per heavy atom. The summed E-state index contributed by atoms with van der Waals surface area (Å²) in [5.74, 6) is -0.641. The molecule has 9 aromatic carbocycles. The first-order valence-electron chi connectivity index (χ1n) is 21.1. The topological polar surface area (TPSA) is 162 Å².